The highest BCUT2D eigenvalue weighted by atomic mass is 16.5. The molecular weight excluding hydrogens is 368 g/mol. The lowest BCUT2D eigenvalue weighted by Gasteiger charge is -2.28. The summed E-state index contributed by atoms with van der Waals surface area (Å²) in [5, 5.41) is 9.12. The lowest BCUT2D eigenvalue weighted by molar-refractivity contribution is 0.194. The molecule has 0 aliphatic carbocycles. The minimum absolute atomic E-state index is 0.358. The largest absolute Gasteiger partial charge is 0.467 e. The third kappa shape index (κ3) is 3.42. The van der Waals surface area contributed by atoms with E-state index in [2.05, 4.69) is 44.3 Å². The van der Waals surface area contributed by atoms with Crippen LogP contribution < -0.4 is 15.0 Å². The second-order valence-corrected chi connectivity index (χ2v) is 7.69. The first-order valence-electron chi connectivity index (χ1n) is 10.2. The van der Waals surface area contributed by atoms with Crippen molar-refractivity contribution in [1.29, 1.82) is 0 Å². The average molecular weight is 394 g/mol. The number of aryl methyl sites for hydroxylation is 1. The van der Waals surface area contributed by atoms with E-state index in [0.29, 0.717) is 11.9 Å². The fraction of sp³-hybridized carbons (Fsp3) is 0.476. The smallest absolute Gasteiger partial charge is 0.320 e. The Kier molecular flexibility index (Phi) is 4.81. The Morgan fingerprint density at radius 2 is 1.97 bits per heavy atom. The summed E-state index contributed by atoms with van der Waals surface area (Å²) in [6.07, 6.45) is 2.96. The van der Waals surface area contributed by atoms with Gasteiger partial charge >= 0.3 is 6.01 Å². The van der Waals surface area contributed by atoms with Crippen LogP contribution in [0.5, 0.6) is 6.01 Å². The zero-order chi connectivity index (χ0) is 19.8. The van der Waals surface area contributed by atoms with Gasteiger partial charge in [-0.3, -0.25) is 0 Å². The molecular formula is C21H26N6O2. The molecule has 1 atom stereocenters. The summed E-state index contributed by atoms with van der Waals surface area (Å²) in [5.74, 6) is 2.03. The molecule has 2 aromatic heterocycles. The average Bonchev–Trinajstić information content (AvgIpc) is 3.43. The van der Waals surface area contributed by atoms with Crippen LogP contribution in [0, 0.1) is 6.92 Å². The first-order chi connectivity index (χ1) is 14.2. The number of hydrogen-bond acceptors (Lipinski definition) is 7. The molecule has 2 saturated heterocycles. The minimum Gasteiger partial charge on any atom is -0.467 e. The third-order valence-corrected chi connectivity index (χ3v) is 5.84. The Balaban J connectivity index is 1.60. The van der Waals surface area contributed by atoms with Crippen LogP contribution in [-0.2, 0) is 4.74 Å². The number of aromatic nitrogens is 4. The highest BCUT2D eigenvalue weighted by molar-refractivity contribution is 5.82. The van der Waals surface area contributed by atoms with E-state index < -0.39 is 0 Å². The number of anilines is 1. The van der Waals surface area contributed by atoms with Crippen LogP contribution in [0.3, 0.4) is 0 Å². The van der Waals surface area contributed by atoms with Gasteiger partial charge in [0.1, 0.15) is 5.82 Å². The molecule has 8 nitrogen and oxygen atoms in total. The molecule has 0 radical (unpaired) electrons. The topological polar surface area (TPSA) is 77.3 Å². The first-order valence-corrected chi connectivity index (χ1v) is 10.2. The number of fused-ring (bicyclic) bond motifs is 1. The number of methoxy groups -OCH3 is 1. The van der Waals surface area contributed by atoms with Crippen LogP contribution in [0.1, 0.15) is 23.5 Å². The molecule has 0 bridgehead atoms. The molecule has 29 heavy (non-hydrogen) atoms. The predicted molar refractivity (Wildman–Crippen MR) is 111 cm³/mol. The van der Waals surface area contributed by atoms with Crippen molar-refractivity contribution < 1.29 is 9.47 Å². The Bertz CT molecular complexity index is 1020. The number of nitrogens with one attached hydrogen (secondary N) is 1. The maximum absolute atomic E-state index is 5.62. The molecule has 152 valence electrons. The molecule has 0 saturated carbocycles. The zero-order valence-corrected chi connectivity index (χ0v) is 16.9. The van der Waals surface area contributed by atoms with Crippen molar-refractivity contribution in [2.24, 2.45) is 0 Å². The fourth-order valence-electron chi connectivity index (χ4n) is 4.26. The second kappa shape index (κ2) is 7.61. The number of ether oxygens (including phenoxy) is 2. The summed E-state index contributed by atoms with van der Waals surface area (Å²) < 4.78 is 12.9. The van der Waals surface area contributed by atoms with Gasteiger partial charge in [-0.25, -0.2) is 4.68 Å². The molecule has 2 aliphatic rings. The van der Waals surface area contributed by atoms with Gasteiger partial charge in [0.15, 0.2) is 5.82 Å². The molecule has 0 amide bonds. The first kappa shape index (κ1) is 18.3. The van der Waals surface area contributed by atoms with Crippen LogP contribution in [0.25, 0.3) is 16.7 Å². The van der Waals surface area contributed by atoms with E-state index in [4.69, 9.17) is 9.47 Å². The van der Waals surface area contributed by atoms with Gasteiger partial charge in [0.25, 0.3) is 0 Å². The van der Waals surface area contributed by atoms with Gasteiger partial charge in [-0.15, -0.1) is 0 Å². The number of hydrogen-bond donors (Lipinski definition) is 1. The van der Waals surface area contributed by atoms with Crippen molar-refractivity contribution in [3.05, 3.63) is 35.5 Å². The van der Waals surface area contributed by atoms with Crippen molar-refractivity contribution >= 4 is 16.7 Å². The monoisotopic (exact) mass is 394 g/mol. The highest BCUT2D eigenvalue weighted by Crippen LogP contribution is 2.32. The van der Waals surface area contributed by atoms with E-state index in [1.807, 2.05) is 16.9 Å². The van der Waals surface area contributed by atoms with Gasteiger partial charge < -0.3 is 19.7 Å². The van der Waals surface area contributed by atoms with Gasteiger partial charge in [-0.1, -0.05) is 0 Å². The van der Waals surface area contributed by atoms with Crippen molar-refractivity contribution in [1.82, 2.24) is 25.1 Å². The van der Waals surface area contributed by atoms with Gasteiger partial charge in [0, 0.05) is 50.2 Å². The van der Waals surface area contributed by atoms with E-state index in [1.54, 1.807) is 7.11 Å². The Hall–Kier alpha value is -2.71. The van der Waals surface area contributed by atoms with Crippen LogP contribution in [0.2, 0.25) is 0 Å². The molecule has 1 unspecified atom stereocenters. The van der Waals surface area contributed by atoms with Crippen LogP contribution in [0.4, 0.5) is 5.82 Å². The van der Waals surface area contributed by atoms with Gasteiger partial charge in [-0.05, 0) is 36.6 Å². The number of rotatable bonds is 4. The van der Waals surface area contributed by atoms with Gasteiger partial charge in [0.2, 0.25) is 0 Å². The normalized spacial score (nSPS) is 19.8. The maximum Gasteiger partial charge on any atom is 0.320 e. The summed E-state index contributed by atoms with van der Waals surface area (Å²) in [6.45, 7) is 7.49. The molecule has 8 heteroatoms. The Morgan fingerprint density at radius 3 is 2.72 bits per heavy atom. The molecule has 1 aromatic carbocycles. The van der Waals surface area contributed by atoms with E-state index in [1.165, 1.54) is 11.1 Å². The van der Waals surface area contributed by atoms with Crippen LogP contribution >= 0.6 is 0 Å². The number of benzene rings is 1. The Morgan fingerprint density at radius 1 is 1.14 bits per heavy atom. The van der Waals surface area contributed by atoms with Gasteiger partial charge in [0.05, 0.1) is 25.4 Å². The quantitative estimate of drug-likeness (QED) is 0.726. The molecule has 4 heterocycles. The molecule has 0 spiro atoms. The minimum atomic E-state index is 0.358. The van der Waals surface area contributed by atoms with Crippen LogP contribution in [-0.4, -0.2) is 66.3 Å². The van der Waals surface area contributed by atoms with Crippen molar-refractivity contribution in [2.75, 3.05) is 51.4 Å². The standard InChI is InChI=1S/C21H26N6O2/c1-14-9-16-12-23-27(18(16)10-17(14)15-3-8-29-13-15)20-11-19(24-21(25-20)28-2)26-6-4-22-5-7-26/h9-12,15,22H,3-8,13H2,1-2H3. The maximum atomic E-state index is 5.62. The zero-order valence-electron chi connectivity index (χ0n) is 16.9. The molecule has 5 rings (SSSR count). The highest BCUT2D eigenvalue weighted by Gasteiger charge is 2.22. The van der Waals surface area contributed by atoms with E-state index >= 15 is 0 Å². The predicted octanol–water partition coefficient (Wildman–Crippen LogP) is 2.05. The SMILES string of the molecule is COc1nc(N2CCNCC2)cc(-n2ncc3cc(C)c(C4CCOC4)cc32)n1. The lowest BCUT2D eigenvalue weighted by atomic mass is 9.93. The number of piperazine rings is 1. The third-order valence-electron chi connectivity index (χ3n) is 5.84. The summed E-state index contributed by atoms with van der Waals surface area (Å²) in [4.78, 5) is 11.4. The lowest BCUT2D eigenvalue weighted by Crippen LogP contribution is -2.44. The van der Waals surface area contributed by atoms with Crippen molar-refractivity contribution in [2.45, 2.75) is 19.3 Å². The van der Waals surface area contributed by atoms with E-state index in [-0.39, 0.29) is 0 Å². The summed E-state index contributed by atoms with van der Waals surface area (Å²) in [5.41, 5.74) is 3.67. The van der Waals surface area contributed by atoms with Gasteiger partial charge in [-0.2, -0.15) is 15.1 Å². The Labute approximate surface area is 169 Å². The summed E-state index contributed by atoms with van der Waals surface area (Å²) in [6, 6.07) is 6.81. The summed E-state index contributed by atoms with van der Waals surface area (Å²) >= 11 is 0. The molecule has 3 aromatic rings. The molecule has 2 fully saturated rings. The van der Waals surface area contributed by atoms with E-state index in [0.717, 1.165) is 68.4 Å². The van der Waals surface area contributed by atoms with Crippen molar-refractivity contribution in [3.8, 4) is 11.8 Å². The van der Waals surface area contributed by atoms with Crippen molar-refractivity contribution in [3.63, 3.8) is 0 Å². The number of nitrogens with zero attached hydrogens (tertiary/aromatic N) is 5. The van der Waals surface area contributed by atoms with Crippen LogP contribution in [0.15, 0.2) is 24.4 Å². The van der Waals surface area contributed by atoms with E-state index in [9.17, 15) is 0 Å². The summed E-state index contributed by atoms with van der Waals surface area (Å²) in [7, 11) is 1.60. The fourth-order valence-corrected chi connectivity index (χ4v) is 4.26. The second-order valence-electron chi connectivity index (χ2n) is 7.69. The molecule has 1 N–H and O–H groups in total. The molecule has 2 aliphatic heterocycles.